The van der Waals surface area contributed by atoms with Gasteiger partial charge in [-0.3, -0.25) is 9.98 Å². The van der Waals surface area contributed by atoms with Gasteiger partial charge in [-0.1, -0.05) is 29.8 Å². The number of nitrogens with zero attached hydrogens (tertiary/aromatic N) is 5. The van der Waals surface area contributed by atoms with E-state index in [1.165, 1.54) is 7.05 Å². The molecule has 1 aliphatic rings. The van der Waals surface area contributed by atoms with Gasteiger partial charge in [-0.05, 0) is 53.7 Å². The third kappa shape index (κ3) is 9.46. The number of ether oxygens (including phenoxy) is 3. The van der Waals surface area contributed by atoms with Crippen molar-refractivity contribution in [2.75, 3.05) is 72.2 Å². The normalized spacial score (nSPS) is 14.0. The Morgan fingerprint density at radius 2 is 1.91 bits per heavy atom. The zero-order valence-corrected chi connectivity index (χ0v) is 28.3. The molecule has 2 aromatic carbocycles. The molecule has 45 heavy (non-hydrogen) atoms. The predicted octanol–water partition coefficient (Wildman–Crippen LogP) is 5.95. The number of nitrogens with one attached hydrogen (secondary N) is 1. The van der Waals surface area contributed by atoms with Crippen molar-refractivity contribution in [1.29, 1.82) is 0 Å². The Balaban J connectivity index is 0.000000535. The SMILES string of the molecule is C=N/C(=C(/Cl)C=Nc1cc(N)c(N(C)CCN(C)C)cc1OC)c1cn(C2COC2)c2ccccc12.CNC(=O)OC(C)(C)C. The maximum Gasteiger partial charge on any atom is 0.407 e. The molecule has 244 valence electrons. The van der Waals surface area contributed by atoms with Crippen molar-refractivity contribution < 1.29 is 19.0 Å². The summed E-state index contributed by atoms with van der Waals surface area (Å²) >= 11 is 6.73. The van der Waals surface area contributed by atoms with E-state index in [9.17, 15) is 4.79 Å². The van der Waals surface area contributed by atoms with E-state index in [4.69, 9.17) is 31.5 Å². The molecule has 11 nitrogen and oxygen atoms in total. The highest BCUT2D eigenvalue weighted by Gasteiger charge is 2.24. The lowest BCUT2D eigenvalue weighted by molar-refractivity contribution is -0.0214. The maximum atomic E-state index is 10.5. The van der Waals surface area contributed by atoms with Crippen LogP contribution in [0.1, 0.15) is 32.4 Å². The number of alkyl carbamates (subject to hydrolysis) is 1. The van der Waals surface area contributed by atoms with Gasteiger partial charge in [0.2, 0.25) is 0 Å². The smallest absolute Gasteiger partial charge is 0.407 e. The summed E-state index contributed by atoms with van der Waals surface area (Å²) in [7, 11) is 9.23. The van der Waals surface area contributed by atoms with Crippen LogP contribution in [0.15, 0.2) is 57.6 Å². The molecule has 1 amide bonds. The summed E-state index contributed by atoms with van der Waals surface area (Å²) in [6, 6.07) is 12.2. The molecular formula is C33H46ClN7O4. The summed E-state index contributed by atoms with van der Waals surface area (Å²) in [6.07, 6.45) is 3.24. The van der Waals surface area contributed by atoms with Crippen LogP contribution in [0, 0.1) is 0 Å². The molecule has 1 aliphatic heterocycles. The van der Waals surface area contributed by atoms with E-state index in [1.807, 2.05) is 60.1 Å². The number of aromatic nitrogens is 1. The number of methoxy groups -OCH3 is 1. The number of nitrogens with two attached hydrogens (primary N) is 1. The highest BCUT2D eigenvalue weighted by atomic mass is 35.5. The summed E-state index contributed by atoms with van der Waals surface area (Å²) in [5.74, 6) is 0.603. The van der Waals surface area contributed by atoms with E-state index in [1.54, 1.807) is 19.4 Å². The number of carbonyl (C=O) groups is 1. The Kier molecular flexibility index (Phi) is 12.4. The number of carbonyl (C=O) groups excluding carboxylic acids is 1. The lowest BCUT2D eigenvalue weighted by atomic mass is 10.1. The standard InChI is InChI=1S/C27H33ClN6O2.C6H13NO2/c1-30-27(20-15-34(18-16-36-17-18)24-9-7-6-8-19(20)24)21(28)14-31-23-12-22(29)25(13-26(23)35-5)33(4)11-10-32(2)3;1-6(2,3)9-5(8)7-4/h6-9,12-15,18H,1,10-11,16-17,29H2,2-5H3;1-4H3,(H,7,8)/b27-21+,31-14?;. The van der Waals surface area contributed by atoms with Crippen LogP contribution in [0.3, 0.4) is 0 Å². The molecular weight excluding hydrogens is 594 g/mol. The van der Waals surface area contributed by atoms with E-state index in [0.29, 0.717) is 47.1 Å². The highest BCUT2D eigenvalue weighted by molar-refractivity contribution is 6.42. The van der Waals surface area contributed by atoms with Crippen molar-refractivity contribution in [3.05, 3.63) is 53.2 Å². The lowest BCUT2D eigenvalue weighted by Crippen LogP contribution is -2.30. The molecule has 0 bridgehead atoms. The number of allylic oxidation sites excluding steroid dienone is 1. The second kappa shape index (κ2) is 15.8. The molecule has 2 heterocycles. The minimum Gasteiger partial charge on any atom is -0.494 e. The minimum absolute atomic E-state index is 0.295. The molecule has 0 radical (unpaired) electrons. The number of para-hydroxylation sites is 1. The Labute approximate surface area is 271 Å². The van der Waals surface area contributed by atoms with Crippen LogP contribution in [0.2, 0.25) is 0 Å². The molecule has 0 atom stereocenters. The maximum absolute atomic E-state index is 10.5. The number of nitrogen functional groups attached to an aromatic ring is 1. The fourth-order valence-electron chi connectivity index (χ4n) is 4.52. The van der Waals surface area contributed by atoms with Gasteiger partial charge in [-0.25, -0.2) is 4.79 Å². The van der Waals surface area contributed by atoms with Gasteiger partial charge in [-0.2, -0.15) is 0 Å². The fourth-order valence-corrected chi connectivity index (χ4v) is 4.73. The van der Waals surface area contributed by atoms with Crippen LogP contribution in [-0.4, -0.2) is 95.7 Å². The lowest BCUT2D eigenvalue weighted by Gasteiger charge is -2.28. The van der Waals surface area contributed by atoms with Crippen LogP contribution in [-0.2, 0) is 9.47 Å². The highest BCUT2D eigenvalue weighted by Crippen LogP contribution is 2.38. The molecule has 3 aromatic rings. The van der Waals surface area contributed by atoms with Crippen molar-refractivity contribution in [3.63, 3.8) is 0 Å². The number of likely N-dealkylation sites (N-methyl/N-ethyl adjacent to an activating group) is 2. The topological polar surface area (TPSA) is 119 Å². The van der Waals surface area contributed by atoms with Gasteiger partial charge in [0.1, 0.15) is 17.0 Å². The molecule has 0 unspecified atom stereocenters. The summed E-state index contributed by atoms with van der Waals surface area (Å²) in [6.45, 7) is 12.3. The van der Waals surface area contributed by atoms with Crippen molar-refractivity contribution in [3.8, 4) is 5.75 Å². The van der Waals surface area contributed by atoms with Crippen LogP contribution in [0.25, 0.3) is 16.6 Å². The van der Waals surface area contributed by atoms with E-state index in [-0.39, 0.29) is 11.7 Å². The molecule has 1 fully saturated rings. The van der Waals surface area contributed by atoms with E-state index < -0.39 is 0 Å². The third-order valence-corrected chi connectivity index (χ3v) is 7.21. The number of amides is 1. The van der Waals surface area contributed by atoms with E-state index in [2.05, 4.69) is 54.7 Å². The molecule has 0 saturated carbocycles. The quantitative estimate of drug-likeness (QED) is 0.208. The molecule has 4 rings (SSSR count). The molecule has 3 N–H and O–H groups in total. The summed E-state index contributed by atoms with van der Waals surface area (Å²) < 4.78 is 18.1. The number of hydrogen-bond donors (Lipinski definition) is 2. The first-order valence-electron chi connectivity index (χ1n) is 14.6. The van der Waals surface area contributed by atoms with Gasteiger partial charge in [0, 0.05) is 62.1 Å². The first-order chi connectivity index (χ1) is 21.3. The number of fused-ring (bicyclic) bond motifs is 1. The first kappa shape index (κ1) is 35.4. The molecule has 0 spiro atoms. The minimum atomic E-state index is -0.389. The number of hydrogen-bond acceptors (Lipinski definition) is 9. The largest absolute Gasteiger partial charge is 0.494 e. The average Bonchev–Trinajstić information content (AvgIpc) is 3.32. The Hall–Kier alpha value is -4.06. The summed E-state index contributed by atoms with van der Waals surface area (Å²) in [5, 5.41) is 3.77. The number of anilines is 2. The van der Waals surface area contributed by atoms with Crippen molar-refractivity contribution in [2.45, 2.75) is 32.4 Å². The number of rotatable bonds is 10. The Bertz CT molecular complexity index is 1540. The summed E-state index contributed by atoms with van der Waals surface area (Å²) in [4.78, 5) is 23.6. The zero-order chi connectivity index (χ0) is 33.3. The number of aliphatic imine (C=N–C) groups is 2. The van der Waals surface area contributed by atoms with Crippen molar-refractivity contribution in [2.24, 2.45) is 9.98 Å². The van der Waals surface area contributed by atoms with Crippen molar-refractivity contribution >= 4 is 64.3 Å². The van der Waals surface area contributed by atoms with E-state index >= 15 is 0 Å². The Morgan fingerprint density at radius 1 is 1.22 bits per heavy atom. The van der Waals surface area contributed by atoms with Crippen LogP contribution < -0.4 is 20.7 Å². The zero-order valence-electron chi connectivity index (χ0n) is 27.6. The van der Waals surface area contributed by atoms with Gasteiger partial charge in [0.25, 0.3) is 0 Å². The third-order valence-electron chi connectivity index (χ3n) is 6.94. The van der Waals surface area contributed by atoms with Gasteiger partial charge < -0.3 is 39.6 Å². The molecule has 0 aliphatic carbocycles. The van der Waals surface area contributed by atoms with E-state index in [0.717, 1.165) is 35.2 Å². The van der Waals surface area contributed by atoms with Crippen LogP contribution in [0.5, 0.6) is 5.75 Å². The fraction of sp³-hybridized carbons (Fsp3) is 0.424. The molecule has 1 aromatic heterocycles. The first-order valence-corrected chi connectivity index (χ1v) is 15.0. The molecule has 1 saturated heterocycles. The average molecular weight is 640 g/mol. The number of halogens is 1. The van der Waals surface area contributed by atoms with Gasteiger partial charge >= 0.3 is 6.09 Å². The van der Waals surface area contributed by atoms with Gasteiger partial charge in [0.15, 0.2) is 0 Å². The second-order valence-electron chi connectivity index (χ2n) is 11.8. The molecule has 12 heteroatoms. The monoisotopic (exact) mass is 639 g/mol. The van der Waals surface area contributed by atoms with Crippen molar-refractivity contribution in [1.82, 2.24) is 14.8 Å². The van der Waals surface area contributed by atoms with Gasteiger partial charge in [0.05, 0.1) is 48.5 Å². The Morgan fingerprint density at radius 3 is 2.44 bits per heavy atom. The second-order valence-corrected chi connectivity index (χ2v) is 12.2. The number of benzene rings is 2. The van der Waals surface area contributed by atoms with Crippen LogP contribution >= 0.6 is 11.6 Å². The van der Waals surface area contributed by atoms with Crippen LogP contribution in [0.4, 0.5) is 21.9 Å². The predicted molar refractivity (Wildman–Crippen MR) is 187 cm³/mol. The summed E-state index contributed by atoms with van der Waals surface area (Å²) in [5.41, 5.74) is 10.6. The van der Waals surface area contributed by atoms with Gasteiger partial charge in [-0.15, -0.1) is 0 Å².